The summed E-state index contributed by atoms with van der Waals surface area (Å²) in [6.45, 7) is 1.34. The van der Waals surface area contributed by atoms with E-state index >= 15 is 0 Å². The molecule has 0 radical (unpaired) electrons. The molecule has 2 amide bonds. The molecule has 0 fully saturated rings. The van der Waals surface area contributed by atoms with Gasteiger partial charge in [0.25, 0.3) is 11.8 Å². The van der Waals surface area contributed by atoms with E-state index in [9.17, 15) is 19.2 Å². The number of rotatable bonds is 5. The van der Waals surface area contributed by atoms with Crippen LogP contribution < -0.4 is 4.74 Å². The lowest BCUT2D eigenvalue weighted by molar-refractivity contribution is 0.0470. The molecule has 0 saturated heterocycles. The summed E-state index contributed by atoms with van der Waals surface area (Å²) >= 11 is 0. The molecule has 27 heavy (non-hydrogen) atoms. The molecule has 138 valence electrons. The average Bonchev–Trinajstić information content (AvgIpc) is 2.89. The fourth-order valence-electron chi connectivity index (χ4n) is 2.83. The molecule has 0 spiro atoms. The quantitative estimate of drug-likeness (QED) is 0.458. The molecule has 0 unspecified atom stereocenters. The number of carbonyl (C=O) groups is 4. The molecule has 0 aliphatic carbocycles. The van der Waals surface area contributed by atoms with Gasteiger partial charge in [-0.2, -0.15) is 0 Å². The molecule has 1 heterocycles. The van der Waals surface area contributed by atoms with Crippen LogP contribution in [0.5, 0.6) is 5.75 Å². The van der Waals surface area contributed by atoms with E-state index in [4.69, 9.17) is 9.47 Å². The second kappa shape index (κ2) is 7.03. The highest BCUT2D eigenvalue weighted by Crippen LogP contribution is 2.24. The summed E-state index contributed by atoms with van der Waals surface area (Å²) in [5, 5.41) is 0. The maximum Gasteiger partial charge on any atom is 0.338 e. The van der Waals surface area contributed by atoms with Gasteiger partial charge in [0.1, 0.15) is 12.4 Å². The van der Waals surface area contributed by atoms with Gasteiger partial charge < -0.3 is 9.47 Å². The molecular formula is C20H17NO6. The van der Waals surface area contributed by atoms with Gasteiger partial charge in [0.05, 0.1) is 23.8 Å². The minimum Gasteiger partial charge on any atom is -0.496 e. The lowest BCUT2D eigenvalue weighted by atomic mass is 10.1. The van der Waals surface area contributed by atoms with Crippen LogP contribution in [0.1, 0.15) is 53.9 Å². The summed E-state index contributed by atoms with van der Waals surface area (Å²) in [6, 6.07) is 9.10. The number of methoxy groups -OCH3 is 1. The fraction of sp³-hybridized carbons (Fsp3) is 0.200. The van der Waals surface area contributed by atoms with E-state index in [1.54, 1.807) is 18.2 Å². The summed E-state index contributed by atoms with van der Waals surface area (Å²) in [5.74, 6) is -1.13. The van der Waals surface area contributed by atoms with Crippen molar-refractivity contribution >= 4 is 23.6 Å². The minimum absolute atomic E-state index is 0.104. The summed E-state index contributed by atoms with van der Waals surface area (Å²) < 4.78 is 10.5. The molecule has 1 aliphatic rings. The second-order valence-electron chi connectivity index (χ2n) is 6.09. The standard InChI is InChI=1S/C20H17NO6/c1-11(22)12-5-7-17(26-3)14(8-12)10-27-20(25)13-4-6-15-16(9-13)19(24)21(2)18(15)23/h4-9H,10H2,1-3H3. The van der Waals surface area contributed by atoms with Gasteiger partial charge in [-0.25, -0.2) is 4.79 Å². The molecule has 0 N–H and O–H groups in total. The summed E-state index contributed by atoms with van der Waals surface area (Å²) in [5.41, 5.74) is 1.62. The van der Waals surface area contributed by atoms with Crippen molar-refractivity contribution in [1.82, 2.24) is 4.90 Å². The van der Waals surface area contributed by atoms with Crippen LogP contribution in [0.3, 0.4) is 0 Å². The third-order valence-corrected chi connectivity index (χ3v) is 4.37. The molecule has 1 aliphatic heterocycles. The third kappa shape index (κ3) is 3.31. The Morgan fingerprint density at radius 3 is 2.30 bits per heavy atom. The predicted molar refractivity (Wildman–Crippen MR) is 95.0 cm³/mol. The Hall–Kier alpha value is -3.48. The number of hydrogen-bond acceptors (Lipinski definition) is 6. The maximum absolute atomic E-state index is 12.4. The van der Waals surface area contributed by atoms with E-state index in [1.165, 1.54) is 39.3 Å². The molecule has 0 saturated carbocycles. The van der Waals surface area contributed by atoms with Crippen molar-refractivity contribution in [2.24, 2.45) is 0 Å². The van der Waals surface area contributed by atoms with Crippen molar-refractivity contribution in [3.8, 4) is 5.75 Å². The number of imide groups is 1. The van der Waals surface area contributed by atoms with Crippen LogP contribution in [0.2, 0.25) is 0 Å². The molecule has 3 rings (SSSR count). The Morgan fingerprint density at radius 1 is 0.963 bits per heavy atom. The van der Waals surface area contributed by atoms with E-state index in [1.807, 2.05) is 0 Å². The molecular weight excluding hydrogens is 350 g/mol. The van der Waals surface area contributed by atoms with Crippen molar-refractivity contribution in [3.05, 3.63) is 64.2 Å². The molecule has 2 aromatic rings. The van der Waals surface area contributed by atoms with Crippen LogP contribution in [-0.4, -0.2) is 42.6 Å². The third-order valence-electron chi connectivity index (χ3n) is 4.37. The largest absolute Gasteiger partial charge is 0.496 e. The predicted octanol–water partition coefficient (Wildman–Crippen LogP) is 2.48. The van der Waals surface area contributed by atoms with Gasteiger partial charge in [0.2, 0.25) is 0 Å². The summed E-state index contributed by atoms with van der Waals surface area (Å²) in [4.78, 5) is 48.9. The van der Waals surface area contributed by atoms with Gasteiger partial charge >= 0.3 is 5.97 Å². The molecule has 2 aromatic carbocycles. The molecule has 0 atom stereocenters. The SMILES string of the molecule is COc1ccc(C(C)=O)cc1COC(=O)c1ccc2c(c1)C(=O)N(C)C2=O. The summed E-state index contributed by atoms with van der Waals surface area (Å²) in [7, 11) is 2.87. The van der Waals surface area contributed by atoms with E-state index in [0.29, 0.717) is 16.9 Å². The smallest absolute Gasteiger partial charge is 0.338 e. The van der Waals surface area contributed by atoms with Crippen LogP contribution in [0.15, 0.2) is 36.4 Å². The Balaban J connectivity index is 1.80. The van der Waals surface area contributed by atoms with Gasteiger partial charge in [-0.1, -0.05) is 0 Å². The van der Waals surface area contributed by atoms with Crippen molar-refractivity contribution in [1.29, 1.82) is 0 Å². The van der Waals surface area contributed by atoms with Crippen LogP contribution >= 0.6 is 0 Å². The summed E-state index contributed by atoms with van der Waals surface area (Å²) in [6.07, 6.45) is 0. The topological polar surface area (TPSA) is 90.0 Å². The number of hydrogen-bond donors (Lipinski definition) is 0. The number of benzene rings is 2. The Labute approximate surface area is 155 Å². The van der Waals surface area contributed by atoms with E-state index in [2.05, 4.69) is 0 Å². The lowest BCUT2D eigenvalue weighted by Gasteiger charge is -2.11. The van der Waals surface area contributed by atoms with Crippen LogP contribution in [0, 0.1) is 0 Å². The first-order valence-electron chi connectivity index (χ1n) is 8.15. The molecule has 7 heteroatoms. The zero-order valence-corrected chi connectivity index (χ0v) is 15.1. The highest BCUT2D eigenvalue weighted by molar-refractivity contribution is 6.21. The Morgan fingerprint density at radius 2 is 1.63 bits per heavy atom. The Bertz CT molecular complexity index is 978. The molecule has 0 aromatic heterocycles. The van der Waals surface area contributed by atoms with Gasteiger partial charge in [-0.05, 0) is 43.3 Å². The van der Waals surface area contributed by atoms with E-state index in [0.717, 1.165) is 4.90 Å². The number of carbonyl (C=O) groups excluding carboxylic acids is 4. The van der Waals surface area contributed by atoms with Crippen molar-refractivity contribution < 1.29 is 28.7 Å². The highest BCUT2D eigenvalue weighted by atomic mass is 16.5. The van der Waals surface area contributed by atoms with E-state index < -0.39 is 17.8 Å². The first-order valence-corrected chi connectivity index (χ1v) is 8.15. The number of Topliss-reactive ketones (excluding diaryl/α,β-unsaturated/α-hetero) is 1. The van der Waals surface area contributed by atoms with Crippen molar-refractivity contribution in [3.63, 3.8) is 0 Å². The average molecular weight is 367 g/mol. The lowest BCUT2D eigenvalue weighted by Crippen LogP contribution is -2.24. The zero-order valence-electron chi connectivity index (χ0n) is 15.1. The normalized spacial score (nSPS) is 12.8. The second-order valence-corrected chi connectivity index (χ2v) is 6.09. The first-order chi connectivity index (χ1) is 12.8. The van der Waals surface area contributed by atoms with Gasteiger partial charge in [0, 0.05) is 18.2 Å². The number of fused-ring (bicyclic) bond motifs is 1. The molecule has 7 nitrogen and oxygen atoms in total. The number of amides is 2. The van der Waals surface area contributed by atoms with Gasteiger partial charge in [0.15, 0.2) is 5.78 Å². The Kier molecular flexibility index (Phi) is 4.77. The van der Waals surface area contributed by atoms with Gasteiger partial charge in [-0.3, -0.25) is 19.3 Å². The number of ketones is 1. The number of nitrogens with zero attached hydrogens (tertiary/aromatic N) is 1. The van der Waals surface area contributed by atoms with Crippen LogP contribution in [0.4, 0.5) is 0 Å². The highest BCUT2D eigenvalue weighted by Gasteiger charge is 2.33. The monoisotopic (exact) mass is 367 g/mol. The van der Waals surface area contributed by atoms with Crippen LogP contribution in [0.25, 0.3) is 0 Å². The number of esters is 1. The van der Waals surface area contributed by atoms with Crippen molar-refractivity contribution in [2.45, 2.75) is 13.5 Å². The van der Waals surface area contributed by atoms with Crippen molar-refractivity contribution in [2.75, 3.05) is 14.2 Å². The fourth-order valence-corrected chi connectivity index (χ4v) is 2.83. The minimum atomic E-state index is -0.650. The maximum atomic E-state index is 12.4. The first kappa shape index (κ1) is 18.3. The molecule has 0 bridgehead atoms. The van der Waals surface area contributed by atoms with Gasteiger partial charge in [-0.15, -0.1) is 0 Å². The van der Waals surface area contributed by atoms with Crippen LogP contribution in [-0.2, 0) is 11.3 Å². The van der Waals surface area contributed by atoms with E-state index in [-0.39, 0.29) is 29.1 Å². The zero-order chi connectivity index (χ0) is 19.7. The number of ether oxygens (including phenoxy) is 2.